The Hall–Kier alpha value is -4.18. The van der Waals surface area contributed by atoms with Crippen LogP contribution in [-0.2, 0) is 11.2 Å². The zero-order chi connectivity index (χ0) is 22.0. The number of nitriles is 1. The molecule has 4 aromatic rings. The Morgan fingerprint density at radius 2 is 2.00 bits per heavy atom. The van der Waals surface area contributed by atoms with E-state index in [0.29, 0.717) is 22.5 Å². The van der Waals surface area contributed by atoms with Crippen LogP contribution in [0, 0.1) is 18.3 Å². The third kappa shape index (κ3) is 3.83. The average Bonchev–Trinajstić information content (AvgIpc) is 3.41. The van der Waals surface area contributed by atoms with Crippen molar-refractivity contribution in [3.63, 3.8) is 0 Å². The summed E-state index contributed by atoms with van der Waals surface area (Å²) in [4.78, 5) is 28.3. The molecular formula is C24H20N4O3. The number of aromatic nitrogens is 3. The molecule has 0 aliphatic carbocycles. The summed E-state index contributed by atoms with van der Waals surface area (Å²) >= 11 is 0. The van der Waals surface area contributed by atoms with Crippen LogP contribution in [0.2, 0.25) is 0 Å². The predicted octanol–water partition coefficient (Wildman–Crippen LogP) is 4.14. The first-order chi connectivity index (χ1) is 15.0. The maximum absolute atomic E-state index is 12.7. The highest BCUT2D eigenvalue weighted by molar-refractivity contribution is 6.09. The van der Waals surface area contributed by atoms with Gasteiger partial charge in [0.1, 0.15) is 0 Å². The molecule has 0 saturated heterocycles. The Labute approximate surface area is 178 Å². The van der Waals surface area contributed by atoms with Gasteiger partial charge in [0.15, 0.2) is 12.3 Å². The second-order valence-electron chi connectivity index (χ2n) is 7.14. The number of H-pyrrole nitrogens is 1. The fraction of sp³-hybridized carbons (Fsp3) is 0.167. The summed E-state index contributed by atoms with van der Waals surface area (Å²) in [5, 5.41) is 14.2. The minimum atomic E-state index is -0.680. The quantitative estimate of drug-likeness (QED) is 0.379. The van der Waals surface area contributed by atoms with Crippen molar-refractivity contribution in [2.24, 2.45) is 0 Å². The number of fused-ring (bicyclic) bond motifs is 1. The lowest BCUT2D eigenvalue weighted by Crippen LogP contribution is -2.14. The second kappa shape index (κ2) is 8.28. The maximum Gasteiger partial charge on any atom is 0.359 e. The van der Waals surface area contributed by atoms with E-state index >= 15 is 0 Å². The van der Waals surface area contributed by atoms with Crippen molar-refractivity contribution in [3.05, 3.63) is 82.8 Å². The number of aryl methyl sites for hydroxylation is 2. The van der Waals surface area contributed by atoms with E-state index in [-0.39, 0.29) is 18.1 Å². The lowest BCUT2D eigenvalue weighted by atomic mass is 10.1. The number of carbonyl (C=O) groups excluding carboxylic acids is 2. The average molecular weight is 412 g/mol. The number of aromatic amines is 1. The summed E-state index contributed by atoms with van der Waals surface area (Å²) in [6.45, 7) is 3.47. The number of esters is 1. The molecule has 154 valence electrons. The van der Waals surface area contributed by atoms with Crippen molar-refractivity contribution in [1.82, 2.24) is 14.8 Å². The molecule has 0 amide bonds. The van der Waals surface area contributed by atoms with Crippen LogP contribution >= 0.6 is 0 Å². The van der Waals surface area contributed by atoms with Gasteiger partial charge in [-0.25, -0.2) is 9.48 Å². The lowest BCUT2D eigenvalue weighted by Gasteiger charge is -2.04. The molecule has 0 spiro atoms. The first-order valence-electron chi connectivity index (χ1n) is 9.88. The number of ether oxygens (including phenoxy) is 1. The molecular weight excluding hydrogens is 392 g/mol. The fourth-order valence-electron chi connectivity index (χ4n) is 3.57. The van der Waals surface area contributed by atoms with Gasteiger partial charge in [0.25, 0.3) is 0 Å². The van der Waals surface area contributed by atoms with Gasteiger partial charge in [0.2, 0.25) is 5.78 Å². The molecule has 4 rings (SSSR count). The van der Waals surface area contributed by atoms with E-state index < -0.39 is 5.97 Å². The third-order valence-corrected chi connectivity index (χ3v) is 5.13. The number of ketones is 1. The summed E-state index contributed by atoms with van der Waals surface area (Å²) in [6.07, 6.45) is 2.50. The van der Waals surface area contributed by atoms with Crippen molar-refractivity contribution in [2.75, 3.05) is 6.61 Å². The number of para-hydroxylation sites is 1. The molecule has 0 unspecified atom stereocenters. The van der Waals surface area contributed by atoms with E-state index in [0.717, 1.165) is 22.9 Å². The first kappa shape index (κ1) is 20.1. The van der Waals surface area contributed by atoms with Crippen LogP contribution in [0.4, 0.5) is 0 Å². The van der Waals surface area contributed by atoms with Crippen LogP contribution in [0.1, 0.15) is 44.6 Å². The van der Waals surface area contributed by atoms with Gasteiger partial charge >= 0.3 is 5.97 Å². The Kier molecular flexibility index (Phi) is 5.37. The first-order valence-corrected chi connectivity index (χ1v) is 9.88. The van der Waals surface area contributed by atoms with Gasteiger partial charge in [-0.1, -0.05) is 31.2 Å². The summed E-state index contributed by atoms with van der Waals surface area (Å²) in [5.41, 5.74) is 4.50. The number of nitrogens with zero attached hydrogens (tertiary/aromatic N) is 3. The number of hydrogen-bond acceptors (Lipinski definition) is 5. The third-order valence-electron chi connectivity index (χ3n) is 5.13. The van der Waals surface area contributed by atoms with Crippen LogP contribution in [0.15, 0.2) is 54.7 Å². The van der Waals surface area contributed by atoms with Crippen LogP contribution in [0.3, 0.4) is 0 Å². The topological polar surface area (TPSA) is 101 Å². The molecule has 31 heavy (non-hydrogen) atoms. The van der Waals surface area contributed by atoms with Crippen molar-refractivity contribution in [2.45, 2.75) is 20.3 Å². The molecule has 0 bridgehead atoms. The summed E-state index contributed by atoms with van der Waals surface area (Å²) < 4.78 is 6.80. The van der Waals surface area contributed by atoms with E-state index in [4.69, 9.17) is 10.00 Å². The van der Waals surface area contributed by atoms with Crippen LogP contribution in [0.25, 0.3) is 16.6 Å². The van der Waals surface area contributed by atoms with Crippen LogP contribution in [0.5, 0.6) is 0 Å². The van der Waals surface area contributed by atoms with Crippen LogP contribution in [-0.4, -0.2) is 33.1 Å². The summed E-state index contributed by atoms with van der Waals surface area (Å²) in [7, 11) is 0. The second-order valence-corrected chi connectivity index (χ2v) is 7.14. The van der Waals surface area contributed by atoms with Crippen molar-refractivity contribution >= 4 is 22.7 Å². The Morgan fingerprint density at radius 1 is 1.19 bits per heavy atom. The molecule has 0 fully saturated rings. The fourth-order valence-corrected chi connectivity index (χ4v) is 3.57. The zero-order valence-electron chi connectivity index (χ0n) is 17.2. The standard InChI is InChI=1S/C24H20N4O3/c1-3-17-7-5-9-19-20(13-26-23(17)19)22(29)14-31-24(30)21-10-15(2)28(27-21)18-8-4-6-16(11-18)12-25/h4-11,13,26H,3,14H2,1-2H3. The number of benzene rings is 2. The molecule has 0 aliphatic heterocycles. The molecule has 0 radical (unpaired) electrons. The van der Waals surface area contributed by atoms with E-state index in [1.54, 1.807) is 48.1 Å². The van der Waals surface area contributed by atoms with Crippen molar-refractivity contribution in [3.8, 4) is 11.8 Å². The molecule has 7 heteroatoms. The Bertz CT molecular complexity index is 1340. The number of Topliss-reactive ketones (excluding diaryl/α,β-unsaturated/α-hetero) is 1. The van der Waals surface area contributed by atoms with Crippen LogP contribution < -0.4 is 0 Å². The monoisotopic (exact) mass is 412 g/mol. The normalized spacial score (nSPS) is 10.7. The molecule has 2 heterocycles. The van der Waals surface area contributed by atoms with E-state index in [9.17, 15) is 9.59 Å². The highest BCUT2D eigenvalue weighted by atomic mass is 16.5. The van der Waals surface area contributed by atoms with Gasteiger partial charge in [-0.15, -0.1) is 0 Å². The number of rotatable bonds is 6. The minimum absolute atomic E-state index is 0.0971. The zero-order valence-corrected chi connectivity index (χ0v) is 17.2. The highest BCUT2D eigenvalue weighted by Crippen LogP contribution is 2.23. The molecule has 0 saturated carbocycles. The van der Waals surface area contributed by atoms with Gasteiger partial charge in [-0.05, 0) is 43.2 Å². The van der Waals surface area contributed by atoms with E-state index in [1.165, 1.54) is 0 Å². The summed E-state index contributed by atoms with van der Waals surface area (Å²) in [6, 6.07) is 16.4. The van der Waals surface area contributed by atoms with E-state index in [1.807, 2.05) is 18.2 Å². The van der Waals surface area contributed by atoms with E-state index in [2.05, 4.69) is 23.1 Å². The summed E-state index contributed by atoms with van der Waals surface area (Å²) in [5.74, 6) is -0.966. The van der Waals surface area contributed by atoms with Crippen molar-refractivity contribution < 1.29 is 14.3 Å². The van der Waals surface area contributed by atoms with Crippen molar-refractivity contribution in [1.29, 1.82) is 5.26 Å². The SMILES string of the molecule is CCc1cccc2c(C(=O)COC(=O)c3cc(C)n(-c4cccc(C#N)c4)n3)c[nH]c12. The van der Waals surface area contributed by atoms with Gasteiger partial charge < -0.3 is 9.72 Å². The van der Waals surface area contributed by atoms with Gasteiger partial charge in [0.05, 0.1) is 17.3 Å². The number of carbonyl (C=O) groups is 2. The predicted molar refractivity (Wildman–Crippen MR) is 115 cm³/mol. The minimum Gasteiger partial charge on any atom is -0.453 e. The molecule has 0 atom stereocenters. The maximum atomic E-state index is 12.7. The number of hydrogen-bond donors (Lipinski definition) is 1. The molecule has 2 aromatic carbocycles. The smallest absolute Gasteiger partial charge is 0.359 e. The largest absolute Gasteiger partial charge is 0.453 e. The molecule has 1 N–H and O–H groups in total. The van der Waals surface area contributed by atoms with Gasteiger partial charge in [-0.3, -0.25) is 4.79 Å². The lowest BCUT2D eigenvalue weighted by molar-refractivity contribution is 0.0469. The number of nitrogens with one attached hydrogen (secondary N) is 1. The highest BCUT2D eigenvalue weighted by Gasteiger charge is 2.19. The molecule has 2 aromatic heterocycles. The Balaban J connectivity index is 1.50. The van der Waals surface area contributed by atoms with Gasteiger partial charge in [0, 0.05) is 28.4 Å². The molecule has 7 nitrogen and oxygen atoms in total. The van der Waals surface area contributed by atoms with Gasteiger partial charge in [-0.2, -0.15) is 10.4 Å². The Morgan fingerprint density at radius 3 is 2.77 bits per heavy atom. The molecule has 0 aliphatic rings.